The first kappa shape index (κ1) is 17.5. The van der Waals surface area contributed by atoms with Gasteiger partial charge in [-0.2, -0.15) is 4.31 Å². The molecule has 7 nitrogen and oxygen atoms in total. The molecule has 0 aliphatic carbocycles. The van der Waals surface area contributed by atoms with Crippen LogP contribution in [0.2, 0.25) is 0 Å². The second kappa shape index (κ2) is 6.34. The summed E-state index contributed by atoms with van der Waals surface area (Å²) in [6, 6.07) is 2.49. The monoisotopic (exact) mass is 355 g/mol. The number of aryl methyl sites for hydroxylation is 2. The maximum Gasteiger partial charge on any atom is 0.271 e. The van der Waals surface area contributed by atoms with Gasteiger partial charge in [0, 0.05) is 36.8 Å². The molecule has 0 radical (unpaired) electrons. The van der Waals surface area contributed by atoms with Crippen molar-refractivity contribution in [1.82, 2.24) is 9.29 Å². The highest BCUT2D eigenvalue weighted by Gasteiger charge is 2.26. The molecule has 0 aliphatic rings. The second-order valence-electron chi connectivity index (χ2n) is 5.25. The van der Waals surface area contributed by atoms with E-state index in [2.05, 4.69) is 4.98 Å². The van der Waals surface area contributed by atoms with Crippen molar-refractivity contribution in [2.24, 2.45) is 0 Å². The standard InChI is InChI=1S/C14H17N3O4S2/c1-9-5-12(17(18)19)6-14(10(9)2)23(20,21)16(4)8-13-7-15-11(3)22-13/h5-7H,8H2,1-4H3. The van der Waals surface area contributed by atoms with E-state index in [1.54, 1.807) is 20.0 Å². The molecule has 0 saturated heterocycles. The van der Waals surface area contributed by atoms with Crippen molar-refractivity contribution in [3.8, 4) is 0 Å². The van der Waals surface area contributed by atoms with E-state index in [4.69, 9.17) is 0 Å². The summed E-state index contributed by atoms with van der Waals surface area (Å²) in [7, 11) is -2.37. The van der Waals surface area contributed by atoms with Crippen LogP contribution in [-0.2, 0) is 16.6 Å². The number of sulfonamides is 1. The highest BCUT2D eigenvalue weighted by molar-refractivity contribution is 7.89. The van der Waals surface area contributed by atoms with Crippen LogP contribution in [-0.4, -0.2) is 29.7 Å². The average Bonchev–Trinajstić information content (AvgIpc) is 2.86. The smallest absolute Gasteiger partial charge is 0.258 e. The van der Waals surface area contributed by atoms with Crippen molar-refractivity contribution < 1.29 is 13.3 Å². The second-order valence-corrected chi connectivity index (χ2v) is 8.58. The maximum atomic E-state index is 12.8. The van der Waals surface area contributed by atoms with Crippen LogP contribution in [0.1, 0.15) is 21.0 Å². The Balaban J connectivity index is 2.44. The minimum absolute atomic E-state index is 0.0343. The lowest BCUT2D eigenvalue weighted by Gasteiger charge is -2.18. The zero-order valence-electron chi connectivity index (χ0n) is 13.2. The average molecular weight is 355 g/mol. The summed E-state index contributed by atoms with van der Waals surface area (Å²) in [5.41, 5.74) is 0.858. The highest BCUT2D eigenvalue weighted by atomic mass is 32.2. The summed E-state index contributed by atoms with van der Waals surface area (Å²) in [6.07, 6.45) is 1.64. The molecule has 0 bridgehead atoms. The minimum Gasteiger partial charge on any atom is -0.258 e. The molecule has 0 atom stereocenters. The van der Waals surface area contributed by atoms with Crippen molar-refractivity contribution in [3.05, 3.63) is 49.5 Å². The number of non-ortho nitro benzene ring substituents is 1. The molecule has 9 heteroatoms. The molecule has 1 aromatic heterocycles. The molecule has 23 heavy (non-hydrogen) atoms. The van der Waals surface area contributed by atoms with Crippen LogP contribution in [0.3, 0.4) is 0 Å². The molecule has 0 unspecified atom stereocenters. The predicted octanol–water partition coefficient (Wildman–Crippen LogP) is 2.80. The fourth-order valence-electron chi connectivity index (χ4n) is 2.13. The van der Waals surface area contributed by atoms with E-state index in [0.717, 1.165) is 16.0 Å². The molecule has 0 amide bonds. The van der Waals surface area contributed by atoms with Gasteiger partial charge in [-0.3, -0.25) is 10.1 Å². The Bertz CT molecular complexity index is 859. The molecular formula is C14H17N3O4S2. The summed E-state index contributed by atoms with van der Waals surface area (Å²) in [5.74, 6) is 0. The summed E-state index contributed by atoms with van der Waals surface area (Å²) >= 11 is 1.42. The van der Waals surface area contributed by atoms with Crippen LogP contribution >= 0.6 is 11.3 Å². The SMILES string of the molecule is Cc1ncc(CN(C)S(=O)(=O)c2cc([N+](=O)[O-])cc(C)c2C)s1. The Morgan fingerprint density at radius 2 is 1.96 bits per heavy atom. The van der Waals surface area contributed by atoms with Gasteiger partial charge in [0.25, 0.3) is 5.69 Å². The maximum absolute atomic E-state index is 12.8. The van der Waals surface area contributed by atoms with Gasteiger partial charge in [0.15, 0.2) is 0 Å². The third kappa shape index (κ3) is 3.57. The number of nitro benzene ring substituents is 1. The molecule has 0 fully saturated rings. The van der Waals surface area contributed by atoms with Gasteiger partial charge in [-0.05, 0) is 31.9 Å². The van der Waals surface area contributed by atoms with Crippen molar-refractivity contribution in [1.29, 1.82) is 0 Å². The van der Waals surface area contributed by atoms with Crippen LogP contribution in [0.5, 0.6) is 0 Å². The zero-order valence-corrected chi connectivity index (χ0v) is 14.9. The first-order valence-electron chi connectivity index (χ1n) is 6.76. The number of hydrogen-bond donors (Lipinski definition) is 0. The number of benzene rings is 1. The molecule has 0 saturated carbocycles. The number of nitrogens with zero attached hydrogens (tertiary/aromatic N) is 3. The van der Waals surface area contributed by atoms with Crippen LogP contribution in [0.25, 0.3) is 0 Å². The Labute approximate surface area is 138 Å². The Morgan fingerprint density at radius 3 is 2.48 bits per heavy atom. The van der Waals surface area contributed by atoms with Crippen molar-refractivity contribution in [3.63, 3.8) is 0 Å². The van der Waals surface area contributed by atoms with Crippen LogP contribution in [0.15, 0.2) is 23.2 Å². The molecule has 0 aliphatic heterocycles. The van der Waals surface area contributed by atoms with Crippen LogP contribution in [0.4, 0.5) is 5.69 Å². The molecule has 2 aromatic rings. The summed E-state index contributed by atoms with van der Waals surface area (Å²) in [6.45, 7) is 5.33. The van der Waals surface area contributed by atoms with E-state index >= 15 is 0 Å². The Kier molecular flexibility index (Phi) is 4.83. The fraction of sp³-hybridized carbons (Fsp3) is 0.357. The Hall–Kier alpha value is -1.84. The molecule has 1 heterocycles. The van der Waals surface area contributed by atoms with E-state index in [0.29, 0.717) is 11.1 Å². The summed E-state index contributed by atoms with van der Waals surface area (Å²) < 4.78 is 26.7. The fourth-order valence-corrected chi connectivity index (χ4v) is 4.53. The summed E-state index contributed by atoms with van der Waals surface area (Å²) in [4.78, 5) is 15.3. The van der Waals surface area contributed by atoms with Crippen LogP contribution in [0, 0.1) is 30.9 Å². The molecule has 124 valence electrons. The molecule has 2 rings (SSSR count). The van der Waals surface area contributed by atoms with Crippen molar-refractivity contribution in [2.75, 3.05) is 7.05 Å². The minimum atomic E-state index is -3.83. The van der Waals surface area contributed by atoms with E-state index in [1.165, 1.54) is 28.8 Å². The molecular weight excluding hydrogens is 338 g/mol. The van der Waals surface area contributed by atoms with Gasteiger partial charge in [-0.15, -0.1) is 11.3 Å². The highest BCUT2D eigenvalue weighted by Crippen LogP contribution is 2.28. The normalized spacial score (nSPS) is 11.9. The number of aromatic nitrogens is 1. The number of thiazole rings is 1. The zero-order chi connectivity index (χ0) is 17.4. The topological polar surface area (TPSA) is 93.4 Å². The predicted molar refractivity (Wildman–Crippen MR) is 88.1 cm³/mol. The lowest BCUT2D eigenvalue weighted by atomic mass is 10.1. The third-order valence-electron chi connectivity index (χ3n) is 3.55. The van der Waals surface area contributed by atoms with Crippen molar-refractivity contribution in [2.45, 2.75) is 32.2 Å². The van der Waals surface area contributed by atoms with Crippen molar-refractivity contribution >= 4 is 27.0 Å². The largest absolute Gasteiger partial charge is 0.271 e. The van der Waals surface area contributed by atoms with Gasteiger partial charge >= 0.3 is 0 Å². The van der Waals surface area contributed by atoms with Gasteiger partial charge in [0.2, 0.25) is 10.0 Å². The van der Waals surface area contributed by atoms with E-state index < -0.39 is 14.9 Å². The molecule has 1 aromatic carbocycles. The van der Waals surface area contributed by atoms with E-state index in [-0.39, 0.29) is 17.1 Å². The molecule has 0 N–H and O–H groups in total. The lowest BCUT2D eigenvalue weighted by molar-refractivity contribution is -0.385. The number of nitro groups is 1. The summed E-state index contributed by atoms with van der Waals surface area (Å²) in [5, 5.41) is 11.9. The van der Waals surface area contributed by atoms with Gasteiger partial charge in [0.05, 0.1) is 14.8 Å². The lowest BCUT2D eigenvalue weighted by Crippen LogP contribution is -2.27. The Morgan fingerprint density at radius 1 is 1.30 bits per heavy atom. The van der Waals surface area contributed by atoms with Gasteiger partial charge in [-0.1, -0.05) is 0 Å². The quantitative estimate of drug-likeness (QED) is 0.607. The first-order chi connectivity index (χ1) is 10.6. The third-order valence-corrected chi connectivity index (χ3v) is 6.38. The first-order valence-corrected chi connectivity index (χ1v) is 9.02. The number of rotatable bonds is 5. The van der Waals surface area contributed by atoms with Gasteiger partial charge in [-0.25, -0.2) is 13.4 Å². The van der Waals surface area contributed by atoms with Gasteiger partial charge < -0.3 is 0 Å². The number of hydrogen-bond acceptors (Lipinski definition) is 6. The van der Waals surface area contributed by atoms with E-state index in [1.807, 2.05) is 6.92 Å². The molecule has 0 spiro atoms. The van der Waals surface area contributed by atoms with Crippen LogP contribution < -0.4 is 0 Å². The van der Waals surface area contributed by atoms with E-state index in [9.17, 15) is 18.5 Å². The van der Waals surface area contributed by atoms with Gasteiger partial charge in [0.1, 0.15) is 0 Å².